The molecule has 3 rings (SSSR count). The van der Waals surface area contributed by atoms with Gasteiger partial charge in [0.15, 0.2) is 0 Å². The predicted octanol–water partition coefficient (Wildman–Crippen LogP) is 5.73. The molecule has 2 amide bonds. The number of hydrogen-bond donors (Lipinski definition) is 1. The molecule has 2 aromatic rings. The minimum atomic E-state index is -0.0600. The summed E-state index contributed by atoms with van der Waals surface area (Å²) in [5.74, 6) is 0. The molecular weight excluding hydrogens is 484 g/mol. The molecule has 7 heteroatoms. The monoisotopic (exact) mass is 492 g/mol. The van der Waals surface area contributed by atoms with Crippen molar-refractivity contribution in [3.63, 3.8) is 0 Å². The quantitative estimate of drug-likeness (QED) is 0.531. The molecule has 0 bridgehead atoms. The van der Waals surface area contributed by atoms with E-state index in [0.29, 0.717) is 6.54 Å². The normalized spacial score (nSPS) is 15.6. The van der Waals surface area contributed by atoms with E-state index >= 15 is 0 Å². The Labute approximate surface area is 152 Å². The van der Waals surface area contributed by atoms with Crippen molar-refractivity contribution in [2.45, 2.75) is 11.4 Å². The molecule has 1 aliphatic rings. The number of benzene rings is 1. The second kappa shape index (κ2) is 6.02. The number of rotatable bonds is 2. The molecule has 1 aromatic carbocycles. The van der Waals surface area contributed by atoms with Crippen LogP contribution in [0.1, 0.15) is 21.5 Å². The van der Waals surface area contributed by atoms with Gasteiger partial charge in [-0.1, -0.05) is 28.1 Å². The number of hydrogen-bond acceptors (Lipinski definition) is 2. The summed E-state index contributed by atoms with van der Waals surface area (Å²) in [6.45, 7) is 0.628. The van der Waals surface area contributed by atoms with Crippen LogP contribution in [0.5, 0.6) is 0 Å². The van der Waals surface area contributed by atoms with Crippen molar-refractivity contribution in [1.82, 2.24) is 4.90 Å². The van der Waals surface area contributed by atoms with E-state index in [1.54, 1.807) is 23.3 Å². The number of halogens is 3. The molecule has 0 fully saturated rings. The van der Waals surface area contributed by atoms with Gasteiger partial charge in [0, 0.05) is 19.3 Å². The highest BCUT2D eigenvalue weighted by atomic mass is 79.9. The Kier molecular flexibility index (Phi) is 4.45. The maximum Gasteiger partial charge on any atom is 0.321 e. The van der Waals surface area contributed by atoms with Crippen molar-refractivity contribution in [3.8, 4) is 0 Å². The van der Waals surface area contributed by atoms with Gasteiger partial charge in [-0.25, -0.2) is 4.79 Å². The molecule has 0 aliphatic carbocycles. The number of thiophene rings is 1. The summed E-state index contributed by atoms with van der Waals surface area (Å²) < 4.78 is 2.21. The Morgan fingerprint density at radius 2 is 2.10 bits per heavy atom. The lowest BCUT2D eigenvalue weighted by Gasteiger charge is -2.26. The zero-order chi connectivity index (χ0) is 15.1. The van der Waals surface area contributed by atoms with E-state index < -0.39 is 0 Å². The number of nitrogens with one attached hydrogen (secondary N) is 1. The molecule has 1 aliphatic heterocycles. The number of carbonyl (C=O) groups excluding carboxylic acids is 1. The third kappa shape index (κ3) is 3.06. The molecule has 2 heterocycles. The van der Waals surface area contributed by atoms with Gasteiger partial charge in [0.1, 0.15) is 0 Å². The number of fused-ring (bicyclic) bond motifs is 1. The lowest BCUT2D eigenvalue weighted by atomic mass is 10.0. The van der Waals surface area contributed by atoms with Crippen LogP contribution in [0.15, 0.2) is 31.8 Å². The van der Waals surface area contributed by atoms with E-state index in [-0.39, 0.29) is 10.9 Å². The fourth-order valence-electron chi connectivity index (χ4n) is 2.27. The first-order valence-electron chi connectivity index (χ1n) is 6.19. The number of amides is 2. The lowest BCUT2D eigenvalue weighted by Crippen LogP contribution is -2.35. The minimum absolute atomic E-state index is 0.0600. The topological polar surface area (TPSA) is 32.3 Å². The largest absolute Gasteiger partial charge is 0.323 e. The van der Waals surface area contributed by atoms with Crippen LogP contribution in [0, 0.1) is 0 Å². The Balaban J connectivity index is 1.95. The summed E-state index contributed by atoms with van der Waals surface area (Å²) in [4.78, 5) is 13.4. The first kappa shape index (κ1) is 15.5. The van der Waals surface area contributed by atoms with Crippen molar-refractivity contribution in [3.05, 3.63) is 48.5 Å². The van der Waals surface area contributed by atoms with E-state index in [0.717, 1.165) is 18.8 Å². The molecular formula is C14H11Br3N2OS. The van der Waals surface area contributed by atoms with Crippen LogP contribution in [-0.2, 0) is 6.54 Å². The summed E-state index contributed by atoms with van der Waals surface area (Å²) in [7, 11) is 1.79. The molecule has 0 spiro atoms. The summed E-state index contributed by atoms with van der Waals surface area (Å²) in [6.07, 6.45) is 0. The first-order valence-corrected chi connectivity index (χ1v) is 9.51. The highest BCUT2D eigenvalue weighted by Crippen LogP contribution is 2.42. The fourth-order valence-corrected chi connectivity index (χ4v) is 6.27. The SMILES string of the molecule is CN1Cc2cc(C(Br)c3cc(Br)sc3Br)ccc2NC1=O. The second-order valence-corrected chi connectivity index (χ2v) is 9.51. The Bertz CT molecular complexity index is 716. The predicted molar refractivity (Wildman–Crippen MR) is 97.4 cm³/mol. The molecule has 0 saturated heterocycles. The van der Waals surface area contributed by atoms with Crippen molar-refractivity contribution < 1.29 is 4.79 Å². The van der Waals surface area contributed by atoms with E-state index in [4.69, 9.17) is 0 Å². The molecule has 3 nitrogen and oxygen atoms in total. The molecule has 0 saturated carbocycles. The average molecular weight is 495 g/mol. The smallest absolute Gasteiger partial charge is 0.321 e. The van der Waals surface area contributed by atoms with Crippen molar-refractivity contribution in [2.24, 2.45) is 0 Å². The van der Waals surface area contributed by atoms with Crippen LogP contribution >= 0.6 is 59.1 Å². The summed E-state index contributed by atoms with van der Waals surface area (Å²) in [5.41, 5.74) is 4.39. The number of nitrogens with zero attached hydrogens (tertiary/aromatic N) is 1. The first-order chi connectivity index (χ1) is 9.95. The van der Waals surface area contributed by atoms with Crippen LogP contribution in [-0.4, -0.2) is 18.0 Å². The van der Waals surface area contributed by atoms with Crippen molar-refractivity contribution in [2.75, 3.05) is 12.4 Å². The van der Waals surface area contributed by atoms with Crippen LogP contribution in [0.25, 0.3) is 0 Å². The van der Waals surface area contributed by atoms with Gasteiger partial charge >= 0.3 is 6.03 Å². The molecule has 21 heavy (non-hydrogen) atoms. The van der Waals surface area contributed by atoms with E-state index in [1.165, 1.54) is 11.1 Å². The standard InChI is InChI=1S/C14H11Br3N2OS/c1-19-6-8-4-7(2-3-10(8)18-14(19)20)12(16)9-5-11(15)21-13(9)17/h2-5,12H,6H2,1H3,(H,18,20). The minimum Gasteiger partial charge on any atom is -0.323 e. The summed E-state index contributed by atoms with van der Waals surface area (Å²) >= 11 is 12.5. The van der Waals surface area contributed by atoms with Crippen LogP contribution in [0.2, 0.25) is 0 Å². The number of alkyl halides is 1. The van der Waals surface area contributed by atoms with Gasteiger partial charge in [-0.15, -0.1) is 11.3 Å². The zero-order valence-corrected chi connectivity index (χ0v) is 16.6. The molecule has 0 radical (unpaired) electrons. The van der Waals surface area contributed by atoms with Gasteiger partial charge in [-0.3, -0.25) is 0 Å². The van der Waals surface area contributed by atoms with Crippen LogP contribution < -0.4 is 5.32 Å². The van der Waals surface area contributed by atoms with E-state index in [1.807, 2.05) is 12.1 Å². The van der Waals surface area contributed by atoms with Gasteiger partial charge in [-0.2, -0.15) is 0 Å². The van der Waals surface area contributed by atoms with Gasteiger partial charge < -0.3 is 10.2 Å². The Hall–Kier alpha value is -0.370. The van der Waals surface area contributed by atoms with E-state index in [2.05, 4.69) is 65.2 Å². The third-order valence-corrected chi connectivity index (χ3v) is 6.78. The third-order valence-electron chi connectivity index (χ3n) is 3.37. The lowest BCUT2D eigenvalue weighted by molar-refractivity contribution is 0.218. The molecule has 110 valence electrons. The van der Waals surface area contributed by atoms with Crippen molar-refractivity contribution in [1.29, 1.82) is 0 Å². The van der Waals surface area contributed by atoms with Gasteiger partial charge in [0.05, 0.1) is 12.4 Å². The summed E-state index contributed by atoms with van der Waals surface area (Å²) in [5, 5.41) is 2.89. The molecule has 1 unspecified atom stereocenters. The number of anilines is 1. The number of carbonyl (C=O) groups is 1. The second-order valence-electron chi connectivity index (χ2n) is 4.84. The molecule has 1 aromatic heterocycles. The highest BCUT2D eigenvalue weighted by molar-refractivity contribution is 9.12. The molecule has 1 N–H and O–H groups in total. The van der Waals surface area contributed by atoms with Gasteiger partial charge in [-0.05, 0) is 60.7 Å². The van der Waals surface area contributed by atoms with Gasteiger partial charge in [0.25, 0.3) is 0 Å². The summed E-state index contributed by atoms with van der Waals surface area (Å²) in [6, 6.07) is 8.21. The maximum absolute atomic E-state index is 11.6. The Morgan fingerprint density at radius 3 is 2.76 bits per heavy atom. The van der Waals surface area contributed by atoms with Gasteiger partial charge in [0.2, 0.25) is 0 Å². The van der Waals surface area contributed by atoms with Crippen LogP contribution in [0.3, 0.4) is 0 Å². The maximum atomic E-state index is 11.6. The Morgan fingerprint density at radius 1 is 1.33 bits per heavy atom. The zero-order valence-electron chi connectivity index (χ0n) is 11.0. The van der Waals surface area contributed by atoms with Crippen LogP contribution in [0.4, 0.5) is 10.5 Å². The fraction of sp³-hybridized carbons (Fsp3) is 0.214. The highest BCUT2D eigenvalue weighted by Gasteiger charge is 2.22. The van der Waals surface area contributed by atoms with E-state index in [9.17, 15) is 4.79 Å². The molecule has 1 atom stereocenters. The number of urea groups is 1. The average Bonchev–Trinajstić information content (AvgIpc) is 2.78. The van der Waals surface area contributed by atoms with Crippen molar-refractivity contribution >= 4 is 70.8 Å².